The van der Waals surface area contributed by atoms with Crippen molar-refractivity contribution in [2.24, 2.45) is 0 Å². The summed E-state index contributed by atoms with van der Waals surface area (Å²) in [7, 11) is 0. The normalized spacial score (nSPS) is 16.6. The van der Waals surface area contributed by atoms with Gasteiger partial charge in [-0.1, -0.05) is 66.7 Å². The minimum absolute atomic E-state index is 0.329. The number of hydrogen-bond donors (Lipinski definition) is 0. The first-order chi connectivity index (χ1) is 18.1. The number of ether oxygens (including phenoxy) is 1. The number of carbonyl (C=O) groups excluding carboxylic acids is 1. The number of aryl methyl sites for hydroxylation is 1. The maximum Gasteiger partial charge on any atom is 0.340 e. The molecular formula is C32H29N3O2. The van der Waals surface area contributed by atoms with Crippen molar-refractivity contribution in [3.8, 4) is 11.3 Å². The second kappa shape index (κ2) is 8.93. The number of carbonyl (C=O) groups is 1. The van der Waals surface area contributed by atoms with Gasteiger partial charge in [0.15, 0.2) is 0 Å². The highest BCUT2D eigenvalue weighted by atomic mass is 16.6. The van der Waals surface area contributed by atoms with Crippen LogP contribution in [0.5, 0.6) is 0 Å². The summed E-state index contributed by atoms with van der Waals surface area (Å²) < 4.78 is 8.59. The van der Waals surface area contributed by atoms with Crippen molar-refractivity contribution in [3.63, 3.8) is 0 Å². The molecule has 0 N–H and O–H groups in total. The van der Waals surface area contributed by atoms with Gasteiger partial charge in [-0.25, -0.2) is 9.78 Å². The van der Waals surface area contributed by atoms with Crippen LogP contribution in [0.2, 0.25) is 0 Å². The Morgan fingerprint density at radius 2 is 1.57 bits per heavy atom. The lowest BCUT2D eigenvalue weighted by Gasteiger charge is -2.31. The number of anilines is 1. The second-order valence-electron chi connectivity index (χ2n) is 9.40. The van der Waals surface area contributed by atoms with Crippen LogP contribution in [-0.2, 0) is 10.3 Å². The molecule has 0 bridgehead atoms. The average molecular weight is 488 g/mol. The summed E-state index contributed by atoms with van der Waals surface area (Å²) in [6.07, 6.45) is 2.01. The van der Waals surface area contributed by atoms with Crippen molar-refractivity contribution in [1.82, 2.24) is 9.38 Å². The Morgan fingerprint density at radius 3 is 2.30 bits per heavy atom. The Labute approximate surface area is 217 Å². The fraction of sp³-hybridized carbons (Fsp3) is 0.188. The molecule has 0 saturated heterocycles. The number of cyclic esters (lactones) is 1. The van der Waals surface area contributed by atoms with E-state index in [2.05, 4.69) is 72.5 Å². The highest BCUT2D eigenvalue weighted by molar-refractivity contribution is 5.97. The fourth-order valence-electron chi connectivity index (χ4n) is 5.58. The third kappa shape index (κ3) is 3.45. The molecule has 0 amide bonds. The van der Waals surface area contributed by atoms with Crippen LogP contribution in [0, 0.1) is 6.92 Å². The van der Waals surface area contributed by atoms with Crippen LogP contribution >= 0.6 is 0 Å². The van der Waals surface area contributed by atoms with E-state index in [1.807, 2.05) is 54.7 Å². The standard InChI is InChI=1S/C32H29N3O2/c1-4-34(5-2)25-19-17-24(18-20-25)32(27-16-10-9-15-26(27)31(36)37-32)29-28(23-13-7-6-8-14-23)33-30-22(3)12-11-21-35(29)30/h6-21H,4-5H2,1-3H3. The monoisotopic (exact) mass is 487 g/mol. The molecule has 0 aliphatic carbocycles. The van der Waals surface area contributed by atoms with Gasteiger partial charge in [0, 0.05) is 41.7 Å². The second-order valence-corrected chi connectivity index (χ2v) is 9.40. The Bertz CT molecular complexity index is 1600. The van der Waals surface area contributed by atoms with Gasteiger partial charge in [0.2, 0.25) is 5.60 Å². The summed E-state index contributed by atoms with van der Waals surface area (Å²) in [6, 6.07) is 30.3. The summed E-state index contributed by atoms with van der Waals surface area (Å²) in [5.74, 6) is -0.329. The first kappa shape index (κ1) is 23.0. The first-order valence-corrected chi connectivity index (χ1v) is 12.8. The Hall–Kier alpha value is -4.38. The molecule has 2 aromatic heterocycles. The van der Waals surface area contributed by atoms with Gasteiger partial charge in [-0.2, -0.15) is 0 Å². The highest BCUT2D eigenvalue weighted by Gasteiger charge is 2.52. The third-order valence-corrected chi connectivity index (χ3v) is 7.40. The van der Waals surface area contributed by atoms with Crippen molar-refractivity contribution in [3.05, 3.63) is 125 Å². The zero-order valence-corrected chi connectivity index (χ0v) is 21.3. The van der Waals surface area contributed by atoms with E-state index in [1.165, 1.54) is 0 Å². The molecule has 6 rings (SSSR count). The molecule has 1 aliphatic heterocycles. The minimum Gasteiger partial charge on any atom is -0.439 e. The van der Waals surface area contributed by atoms with E-state index in [9.17, 15) is 4.79 Å². The van der Waals surface area contributed by atoms with Gasteiger partial charge < -0.3 is 9.64 Å². The molecule has 37 heavy (non-hydrogen) atoms. The summed E-state index contributed by atoms with van der Waals surface area (Å²) in [4.78, 5) is 20.8. The Kier molecular flexibility index (Phi) is 5.56. The maximum absolute atomic E-state index is 13.4. The van der Waals surface area contributed by atoms with E-state index >= 15 is 0 Å². The molecule has 0 spiro atoms. The quantitative estimate of drug-likeness (QED) is 0.253. The number of hydrogen-bond acceptors (Lipinski definition) is 4. The van der Waals surface area contributed by atoms with Crippen LogP contribution in [0.1, 0.15) is 46.6 Å². The smallest absolute Gasteiger partial charge is 0.340 e. The van der Waals surface area contributed by atoms with Gasteiger partial charge in [-0.3, -0.25) is 4.40 Å². The Morgan fingerprint density at radius 1 is 0.865 bits per heavy atom. The minimum atomic E-state index is -1.16. The van der Waals surface area contributed by atoms with Gasteiger partial charge >= 0.3 is 5.97 Å². The molecule has 5 heteroatoms. The van der Waals surface area contributed by atoms with Gasteiger partial charge in [-0.05, 0) is 50.6 Å². The summed E-state index contributed by atoms with van der Waals surface area (Å²) >= 11 is 0. The maximum atomic E-state index is 13.4. The van der Waals surface area contributed by atoms with Gasteiger partial charge in [0.05, 0.1) is 11.3 Å². The molecule has 5 aromatic rings. The van der Waals surface area contributed by atoms with Crippen molar-refractivity contribution in [2.75, 3.05) is 18.0 Å². The van der Waals surface area contributed by atoms with E-state index < -0.39 is 5.60 Å². The summed E-state index contributed by atoms with van der Waals surface area (Å²) in [5, 5.41) is 0. The van der Waals surface area contributed by atoms with Crippen molar-refractivity contribution < 1.29 is 9.53 Å². The molecule has 0 radical (unpaired) electrons. The predicted octanol–water partition coefficient (Wildman–Crippen LogP) is 6.62. The van der Waals surface area contributed by atoms with Crippen LogP contribution in [0.4, 0.5) is 5.69 Å². The number of nitrogens with zero attached hydrogens (tertiary/aromatic N) is 3. The number of aromatic nitrogens is 2. The lowest BCUT2D eigenvalue weighted by molar-refractivity contribution is 0.0238. The predicted molar refractivity (Wildman–Crippen MR) is 147 cm³/mol. The lowest BCUT2D eigenvalue weighted by Crippen LogP contribution is -2.32. The van der Waals surface area contributed by atoms with Gasteiger partial charge in [0.1, 0.15) is 11.3 Å². The summed E-state index contributed by atoms with van der Waals surface area (Å²) in [5.41, 5.74) is 6.77. The van der Waals surface area contributed by atoms with E-state index in [0.717, 1.165) is 58.1 Å². The van der Waals surface area contributed by atoms with E-state index in [4.69, 9.17) is 9.72 Å². The van der Waals surface area contributed by atoms with E-state index in [1.54, 1.807) is 0 Å². The number of rotatable bonds is 6. The van der Waals surface area contributed by atoms with Crippen molar-refractivity contribution >= 4 is 17.3 Å². The van der Waals surface area contributed by atoms with Gasteiger partial charge in [0.25, 0.3) is 0 Å². The number of pyridine rings is 1. The molecular weight excluding hydrogens is 458 g/mol. The van der Waals surface area contributed by atoms with Crippen molar-refractivity contribution in [1.29, 1.82) is 0 Å². The average Bonchev–Trinajstić information content (AvgIpc) is 3.48. The van der Waals surface area contributed by atoms with E-state index in [0.29, 0.717) is 5.56 Å². The molecule has 1 unspecified atom stereocenters. The van der Waals surface area contributed by atoms with Crippen LogP contribution in [-0.4, -0.2) is 28.4 Å². The molecule has 3 heterocycles. The number of fused-ring (bicyclic) bond motifs is 2. The molecule has 184 valence electrons. The van der Waals surface area contributed by atoms with Crippen LogP contribution < -0.4 is 4.90 Å². The SMILES string of the molecule is CCN(CC)c1ccc(C2(c3c(-c4ccccc4)nc4c(C)cccn34)OC(=O)c3ccccc32)cc1. The zero-order chi connectivity index (χ0) is 25.6. The number of esters is 1. The molecule has 5 nitrogen and oxygen atoms in total. The number of benzene rings is 3. The fourth-order valence-corrected chi connectivity index (χ4v) is 5.58. The van der Waals surface area contributed by atoms with E-state index in [-0.39, 0.29) is 5.97 Å². The zero-order valence-electron chi connectivity index (χ0n) is 21.3. The Balaban J connectivity index is 1.71. The molecule has 1 atom stereocenters. The molecule has 3 aromatic carbocycles. The molecule has 0 saturated carbocycles. The van der Waals surface area contributed by atoms with Crippen LogP contribution in [0.3, 0.4) is 0 Å². The number of imidazole rings is 1. The van der Waals surface area contributed by atoms with Gasteiger partial charge in [-0.15, -0.1) is 0 Å². The highest BCUT2D eigenvalue weighted by Crippen LogP contribution is 2.50. The topological polar surface area (TPSA) is 46.8 Å². The lowest BCUT2D eigenvalue weighted by atomic mass is 9.81. The van der Waals surface area contributed by atoms with Crippen molar-refractivity contribution in [2.45, 2.75) is 26.4 Å². The summed E-state index contributed by atoms with van der Waals surface area (Å²) in [6.45, 7) is 8.20. The molecule has 0 fully saturated rings. The third-order valence-electron chi connectivity index (χ3n) is 7.40. The molecule has 1 aliphatic rings. The van der Waals surface area contributed by atoms with Crippen LogP contribution in [0.15, 0.2) is 97.2 Å². The van der Waals surface area contributed by atoms with Crippen LogP contribution in [0.25, 0.3) is 16.9 Å². The largest absolute Gasteiger partial charge is 0.439 e. The first-order valence-electron chi connectivity index (χ1n) is 12.8.